The molecular weight excluding hydrogens is 294 g/mol. The van der Waals surface area contributed by atoms with E-state index in [-0.39, 0.29) is 28.6 Å². The largest absolute Gasteiger partial charge is 0.329 e. The van der Waals surface area contributed by atoms with Crippen LogP contribution in [0.5, 0.6) is 0 Å². The van der Waals surface area contributed by atoms with Crippen LogP contribution in [0.3, 0.4) is 0 Å². The smallest absolute Gasteiger partial charge is 0.273 e. The number of nitrogens with zero attached hydrogens (tertiary/aromatic N) is 1. The van der Waals surface area contributed by atoms with Crippen LogP contribution in [0.15, 0.2) is 23.1 Å². The molecule has 0 aliphatic heterocycles. The van der Waals surface area contributed by atoms with Crippen molar-refractivity contribution in [2.45, 2.75) is 37.1 Å². The normalized spacial score (nSPS) is 18.2. The number of hydrogen-bond acceptors (Lipinski definition) is 5. The van der Waals surface area contributed by atoms with Gasteiger partial charge in [0.15, 0.2) is 0 Å². The fraction of sp³-hybridized carbons (Fsp3) is 0.538. The van der Waals surface area contributed by atoms with Crippen molar-refractivity contribution in [3.05, 3.63) is 33.9 Å². The number of nitrogens with two attached hydrogens (primary N) is 1. The molecule has 0 heterocycles. The van der Waals surface area contributed by atoms with E-state index in [2.05, 4.69) is 4.72 Å². The number of nitro benzene ring substituents is 1. The van der Waals surface area contributed by atoms with E-state index in [4.69, 9.17) is 5.73 Å². The number of nitro groups is 1. The first-order valence-electron chi connectivity index (χ1n) is 6.69. The number of nitrogens with one attached hydrogen (secondary N) is 1. The molecule has 7 nitrogen and oxygen atoms in total. The molecule has 1 unspecified atom stereocenters. The fourth-order valence-corrected chi connectivity index (χ4v) is 4.21. The Balaban J connectivity index is 2.40. The topological polar surface area (TPSA) is 115 Å². The lowest BCUT2D eigenvalue weighted by molar-refractivity contribution is -0.385. The van der Waals surface area contributed by atoms with Gasteiger partial charge in [-0.15, -0.1) is 0 Å². The molecule has 0 spiro atoms. The number of sulfonamides is 1. The van der Waals surface area contributed by atoms with Crippen molar-refractivity contribution in [3.8, 4) is 0 Å². The van der Waals surface area contributed by atoms with Crippen molar-refractivity contribution in [2.24, 2.45) is 11.7 Å². The molecule has 0 bridgehead atoms. The second-order valence-corrected chi connectivity index (χ2v) is 7.31. The van der Waals surface area contributed by atoms with Gasteiger partial charge in [0.25, 0.3) is 5.69 Å². The van der Waals surface area contributed by atoms with E-state index in [0.29, 0.717) is 0 Å². The van der Waals surface area contributed by atoms with Gasteiger partial charge >= 0.3 is 0 Å². The van der Waals surface area contributed by atoms with Crippen molar-refractivity contribution < 1.29 is 13.3 Å². The first-order chi connectivity index (χ1) is 9.71. The summed E-state index contributed by atoms with van der Waals surface area (Å²) in [7, 11) is -3.86. The Morgan fingerprint density at radius 1 is 1.48 bits per heavy atom. The zero-order valence-electron chi connectivity index (χ0n) is 12.0. The lowest BCUT2D eigenvalue weighted by atomic mass is 9.98. The van der Waals surface area contributed by atoms with Crippen molar-refractivity contribution in [1.82, 2.24) is 4.72 Å². The highest BCUT2D eigenvalue weighted by atomic mass is 32.2. The highest BCUT2D eigenvalue weighted by molar-refractivity contribution is 7.89. The highest BCUT2D eigenvalue weighted by Gasteiger charge is 2.43. The van der Waals surface area contributed by atoms with Crippen LogP contribution in [-0.2, 0) is 10.0 Å². The van der Waals surface area contributed by atoms with Crippen molar-refractivity contribution in [1.29, 1.82) is 0 Å². The fourth-order valence-electron chi connectivity index (χ4n) is 2.47. The highest BCUT2D eigenvalue weighted by Crippen LogP contribution is 2.40. The lowest BCUT2D eigenvalue weighted by Crippen LogP contribution is -2.53. The average molecular weight is 313 g/mol. The Kier molecular flexibility index (Phi) is 4.05. The third kappa shape index (κ3) is 3.07. The molecule has 2 rings (SSSR count). The quantitative estimate of drug-likeness (QED) is 0.607. The molecule has 1 aliphatic carbocycles. The molecule has 1 fully saturated rings. The minimum Gasteiger partial charge on any atom is -0.329 e. The minimum atomic E-state index is -3.86. The zero-order valence-corrected chi connectivity index (χ0v) is 12.8. The Morgan fingerprint density at radius 2 is 2.10 bits per heavy atom. The summed E-state index contributed by atoms with van der Waals surface area (Å²) < 4.78 is 27.7. The molecule has 1 aromatic carbocycles. The van der Waals surface area contributed by atoms with Gasteiger partial charge in [-0.1, -0.05) is 6.07 Å². The van der Waals surface area contributed by atoms with Crippen LogP contribution in [0.25, 0.3) is 0 Å². The molecule has 1 saturated carbocycles. The standard InChI is InChI=1S/C13H19N3O4S/c1-9-11(16(17)18)4-3-5-12(9)21(19,20)15-13(2,8-14)10-6-7-10/h3-5,10,15H,6-8,14H2,1-2H3. The molecule has 0 saturated heterocycles. The number of hydrogen-bond donors (Lipinski definition) is 2. The van der Waals surface area contributed by atoms with E-state index in [9.17, 15) is 18.5 Å². The van der Waals surface area contributed by atoms with Crippen LogP contribution in [0.2, 0.25) is 0 Å². The summed E-state index contributed by atoms with van der Waals surface area (Å²) in [4.78, 5) is 10.3. The van der Waals surface area contributed by atoms with Crippen molar-refractivity contribution in [2.75, 3.05) is 6.54 Å². The molecule has 21 heavy (non-hydrogen) atoms. The number of rotatable bonds is 6. The molecule has 0 radical (unpaired) electrons. The molecule has 1 aliphatic rings. The van der Waals surface area contributed by atoms with Crippen LogP contribution in [0.4, 0.5) is 5.69 Å². The molecule has 3 N–H and O–H groups in total. The molecular formula is C13H19N3O4S. The van der Waals surface area contributed by atoms with E-state index < -0.39 is 20.5 Å². The summed E-state index contributed by atoms with van der Waals surface area (Å²) in [6.45, 7) is 3.39. The Bertz CT molecular complexity index is 670. The van der Waals surface area contributed by atoms with Crippen LogP contribution >= 0.6 is 0 Å². The maximum atomic E-state index is 12.5. The van der Waals surface area contributed by atoms with Gasteiger partial charge in [-0.2, -0.15) is 0 Å². The molecule has 1 aromatic rings. The van der Waals surface area contributed by atoms with Crippen LogP contribution in [0.1, 0.15) is 25.3 Å². The van der Waals surface area contributed by atoms with Gasteiger partial charge in [-0.25, -0.2) is 13.1 Å². The van der Waals surface area contributed by atoms with Gasteiger partial charge in [-0.05, 0) is 38.7 Å². The predicted molar refractivity (Wildman–Crippen MR) is 78.3 cm³/mol. The first kappa shape index (κ1) is 15.9. The third-order valence-electron chi connectivity index (χ3n) is 4.01. The van der Waals surface area contributed by atoms with Gasteiger partial charge in [-0.3, -0.25) is 10.1 Å². The van der Waals surface area contributed by atoms with Crippen molar-refractivity contribution >= 4 is 15.7 Å². The van der Waals surface area contributed by atoms with Crippen LogP contribution in [-0.4, -0.2) is 25.4 Å². The molecule has 1 atom stereocenters. The molecule has 116 valence electrons. The molecule has 0 amide bonds. The van der Waals surface area contributed by atoms with Gasteiger partial charge in [0.05, 0.1) is 9.82 Å². The molecule has 8 heteroatoms. The average Bonchev–Trinajstić information content (AvgIpc) is 3.22. The van der Waals surface area contributed by atoms with Crippen LogP contribution in [0, 0.1) is 23.0 Å². The summed E-state index contributed by atoms with van der Waals surface area (Å²) in [6, 6.07) is 4.03. The Morgan fingerprint density at radius 3 is 2.57 bits per heavy atom. The summed E-state index contributed by atoms with van der Waals surface area (Å²) in [5.74, 6) is 0.219. The Labute approximate surface area is 123 Å². The Hall–Kier alpha value is -1.51. The maximum Gasteiger partial charge on any atom is 0.273 e. The summed E-state index contributed by atoms with van der Waals surface area (Å²) in [5, 5.41) is 10.9. The number of benzene rings is 1. The molecule has 0 aromatic heterocycles. The summed E-state index contributed by atoms with van der Waals surface area (Å²) in [5.41, 5.74) is 4.92. The van der Waals surface area contributed by atoms with E-state index in [1.165, 1.54) is 25.1 Å². The van der Waals surface area contributed by atoms with Gasteiger partial charge in [0, 0.05) is 23.7 Å². The zero-order chi connectivity index (χ0) is 15.8. The van der Waals surface area contributed by atoms with Gasteiger partial charge in [0.1, 0.15) is 0 Å². The minimum absolute atomic E-state index is 0.0722. The first-order valence-corrected chi connectivity index (χ1v) is 8.17. The predicted octanol–water partition coefficient (Wildman–Crippen LogP) is 1.31. The van der Waals surface area contributed by atoms with Gasteiger partial charge < -0.3 is 5.73 Å². The van der Waals surface area contributed by atoms with E-state index in [1.54, 1.807) is 6.92 Å². The monoisotopic (exact) mass is 313 g/mol. The maximum absolute atomic E-state index is 12.5. The van der Waals surface area contributed by atoms with Crippen molar-refractivity contribution in [3.63, 3.8) is 0 Å². The third-order valence-corrected chi connectivity index (χ3v) is 5.77. The van der Waals surface area contributed by atoms with E-state index in [0.717, 1.165) is 12.8 Å². The van der Waals surface area contributed by atoms with E-state index >= 15 is 0 Å². The second kappa shape index (κ2) is 5.36. The lowest BCUT2D eigenvalue weighted by Gasteiger charge is -2.29. The summed E-state index contributed by atoms with van der Waals surface area (Å²) >= 11 is 0. The summed E-state index contributed by atoms with van der Waals surface area (Å²) in [6.07, 6.45) is 1.87. The van der Waals surface area contributed by atoms with E-state index in [1.807, 2.05) is 0 Å². The van der Waals surface area contributed by atoms with Gasteiger partial charge in [0.2, 0.25) is 10.0 Å². The van der Waals surface area contributed by atoms with Crippen LogP contribution < -0.4 is 10.5 Å². The SMILES string of the molecule is Cc1c([N+](=O)[O-])cccc1S(=O)(=O)NC(C)(CN)C1CC1. The second-order valence-electron chi connectivity index (χ2n) is 5.66.